The molecule has 33 heavy (non-hydrogen) atoms. The van der Waals surface area contributed by atoms with Crippen molar-refractivity contribution in [1.82, 2.24) is 9.73 Å². The van der Waals surface area contributed by atoms with Gasteiger partial charge in [0.25, 0.3) is 5.91 Å². The molecule has 0 aliphatic rings. The number of hydrogen-bond acceptors (Lipinski definition) is 5. The number of hydrogen-bond donors (Lipinski definition) is 2. The molecule has 0 aliphatic carbocycles. The minimum Gasteiger partial charge on any atom is -0.478 e. The van der Waals surface area contributed by atoms with Crippen molar-refractivity contribution in [2.75, 3.05) is 6.54 Å². The fraction of sp³-hybridized carbons (Fsp3) is 0.0870. The highest BCUT2D eigenvalue weighted by Gasteiger charge is 2.26. The second-order valence-corrected chi connectivity index (χ2v) is 9.75. The van der Waals surface area contributed by atoms with Gasteiger partial charge in [0.1, 0.15) is 0 Å². The van der Waals surface area contributed by atoms with E-state index >= 15 is 0 Å². The number of carboxylic acid groups (broad SMARTS) is 1. The van der Waals surface area contributed by atoms with Gasteiger partial charge in [0.05, 0.1) is 23.2 Å². The summed E-state index contributed by atoms with van der Waals surface area (Å²) in [6.07, 6.45) is 1.20. The van der Waals surface area contributed by atoms with Gasteiger partial charge in [-0.2, -0.15) is 9.41 Å². The summed E-state index contributed by atoms with van der Waals surface area (Å²) < 4.78 is 28.3. The molecule has 0 unspecified atom stereocenters. The summed E-state index contributed by atoms with van der Waals surface area (Å²) in [6, 6.07) is 21.1. The lowest BCUT2D eigenvalue weighted by Gasteiger charge is -2.21. The van der Waals surface area contributed by atoms with E-state index in [0.717, 1.165) is 8.78 Å². The molecule has 0 bridgehead atoms. The van der Waals surface area contributed by atoms with Crippen molar-refractivity contribution >= 4 is 44.0 Å². The predicted molar refractivity (Wildman–Crippen MR) is 127 cm³/mol. The molecule has 170 valence electrons. The number of nitrogens with zero attached hydrogens (tertiary/aromatic N) is 2. The van der Waals surface area contributed by atoms with Crippen molar-refractivity contribution in [2.45, 2.75) is 11.4 Å². The summed E-state index contributed by atoms with van der Waals surface area (Å²) in [7, 11) is -3.97. The highest BCUT2D eigenvalue weighted by atomic mass is 79.9. The van der Waals surface area contributed by atoms with E-state index in [1.165, 1.54) is 24.4 Å². The van der Waals surface area contributed by atoms with Gasteiger partial charge in [-0.25, -0.2) is 18.6 Å². The van der Waals surface area contributed by atoms with Gasteiger partial charge < -0.3 is 5.11 Å². The molecule has 2 N–H and O–H groups in total. The van der Waals surface area contributed by atoms with Crippen LogP contribution in [0.25, 0.3) is 0 Å². The Bertz CT molecular complexity index is 1260. The van der Waals surface area contributed by atoms with Crippen LogP contribution in [0.2, 0.25) is 0 Å². The van der Waals surface area contributed by atoms with Gasteiger partial charge in [0.15, 0.2) is 0 Å². The number of rotatable bonds is 9. The van der Waals surface area contributed by atoms with Crippen LogP contribution in [0.15, 0.2) is 93.3 Å². The van der Waals surface area contributed by atoms with Crippen molar-refractivity contribution in [3.05, 3.63) is 100 Å². The van der Waals surface area contributed by atoms with Gasteiger partial charge >= 0.3 is 5.97 Å². The quantitative estimate of drug-likeness (QED) is 0.325. The third kappa shape index (κ3) is 6.58. The van der Waals surface area contributed by atoms with Crippen LogP contribution in [0.3, 0.4) is 0 Å². The summed E-state index contributed by atoms with van der Waals surface area (Å²) >= 11 is 3.34. The van der Waals surface area contributed by atoms with E-state index in [4.69, 9.17) is 0 Å². The molecule has 3 aromatic rings. The van der Waals surface area contributed by atoms with E-state index in [-0.39, 0.29) is 17.0 Å². The summed E-state index contributed by atoms with van der Waals surface area (Å²) in [6.45, 7) is -0.505. The first-order chi connectivity index (χ1) is 15.8. The number of amides is 1. The highest BCUT2D eigenvalue weighted by molar-refractivity contribution is 9.10. The Morgan fingerprint density at radius 2 is 1.61 bits per heavy atom. The molecule has 0 saturated carbocycles. The van der Waals surface area contributed by atoms with Gasteiger partial charge in [-0.3, -0.25) is 4.79 Å². The molecule has 0 fully saturated rings. The van der Waals surface area contributed by atoms with Crippen LogP contribution >= 0.6 is 15.9 Å². The molecule has 3 aromatic carbocycles. The normalized spacial score (nSPS) is 11.6. The summed E-state index contributed by atoms with van der Waals surface area (Å²) in [4.78, 5) is 23.9. The molecule has 0 saturated heterocycles. The molecule has 0 radical (unpaired) electrons. The molecule has 0 aromatic heterocycles. The highest BCUT2D eigenvalue weighted by Crippen LogP contribution is 2.19. The van der Waals surface area contributed by atoms with E-state index < -0.39 is 28.4 Å². The lowest BCUT2D eigenvalue weighted by atomic mass is 10.1. The number of hydrazone groups is 1. The maximum Gasteiger partial charge on any atom is 0.336 e. The van der Waals surface area contributed by atoms with Gasteiger partial charge in [0, 0.05) is 16.6 Å². The molecule has 0 heterocycles. The van der Waals surface area contributed by atoms with Crippen LogP contribution in [-0.4, -0.2) is 42.5 Å². The number of sulfonamides is 1. The fourth-order valence-corrected chi connectivity index (χ4v) is 4.60. The Morgan fingerprint density at radius 1 is 0.970 bits per heavy atom. The molecule has 8 nitrogen and oxygen atoms in total. The van der Waals surface area contributed by atoms with Gasteiger partial charge in [0.2, 0.25) is 10.0 Å². The van der Waals surface area contributed by atoms with Crippen molar-refractivity contribution in [1.29, 1.82) is 0 Å². The average Bonchev–Trinajstić information content (AvgIpc) is 2.81. The second kappa shape index (κ2) is 11.0. The van der Waals surface area contributed by atoms with Gasteiger partial charge in [-0.15, -0.1) is 0 Å². The standard InChI is InChI=1S/C23H20BrN3O5S/c24-19-12-10-17(11-13-19)15-27(33(31,32)20-7-2-1-3-8-20)16-22(28)26-25-14-18-6-4-5-9-21(18)23(29)30/h1-14H,15-16H2,(H,26,28)(H,29,30)/b25-14-. The smallest absolute Gasteiger partial charge is 0.336 e. The third-order valence-corrected chi connectivity index (χ3v) is 6.89. The monoisotopic (exact) mass is 529 g/mol. The minimum absolute atomic E-state index is 0.0243. The first kappa shape index (κ1) is 24.3. The van der Waals surface area contributed by atoms with Crippen molar-refractivity contribution in [3.8, 4) is 0 Å². The number of carboxylic acids is 1. The number of halogens is 1. The first-order valence-corrected chi connectivity index (χ1v) is 11.9. The number of benzene rings is 3. The Balaban J connectivity index is 1.79. The van der Waals surface area contributed by atoms with Crippen LogP contribution in [0.4, 0.5) is 0 Å². The van der Waals surface area contributed by atoms with E-state index in [2.05, 4.69) is 26.5 Å². The molecular formula is C23H20BrN3O5S. The summed E-state index contributed by atoms with van der Waals surface area (Å²) in [5.41, 5.74) is 3.30. The van der Waals surface area contributed by atoms with E-state index in [1.807, 2.05) is 0 Å². The average molecular weight is 530 g/mol. The van der Waals surface area contributed by atoms with Crippen LogP contribution in [-0.2, 0) is 21.4 Å². The van der Waals surface area contributed by atoms with Crippen molar-refractivity contribution in [2.24, 2.45) is 5.10 Å². The van der Waals surface area contributed by atoms with Crippen molar-refractivity contribution < 1.29 is 23.1 Å². The van der Waals surface area contributed by atoms with E-state index in [9.17, 15) is 23.1 Å². The van der Waals surface area contributed by atoms with Gasteiger partial charge in [-0.1, -0.05) is 64.5 Å². The van der Waals surface area contributed by atoms with E-state index in [1.54, 1.807) is 60.7 Å². The maximum absolute atomic E-state index is 13.2. The zero-order chi connectivity index (χ0) is 23.8. The maximum atomic E-state index is 13.2. The Morgan fingerprint density at radius 3 is 2.27 bits per heavy atom. The molecule has 0 spiro atoms. The zero-order valence-electron chi connectivity index (χ0n) is 17.3. The number of nitrogens with one attached hydrogen (secondary N) is 1. The minimum atomic E-state index is -3.97. The van der Waals surface area contributed by atoms with Gasteiger partial charge in [-0.05, 0) is 35.9 Å². The van der Waals surface area contributed by atoms with Crippen LogP contribution in [0.1, 0.15) is 21.5 Å². The van der Waals surface area contributed by atoms with Crippen LogP contribution in [0, 0.1) is 0 Å². The number of carbonyl (C=O) groups excluding carboxylic acids is 1. The largest absolute Gasteiger partial charge is 0.478 e. The Labute approximate surface area is 199 Å². The Hall–Kier alpha value is -3.34. The molecule has 0 aliphatic heterocycles. The number of aromatic carboxylic acids is 1. The lowest BCUT2D eigenvalue weighted by Crippen LogP contribution is -2.39. The molecule has 3 rings (SSSR count). The SMILES string of the molecule is O=C(CN(Cc1ccc(Br)cc1)S(=O)(=O)c1ccccc1)N/N=C\c1ccccc1C(=O)O. The number of carbonyl (C=O) groups is 2. The molecule has 0 atom stereocenters. The summed E-state index contributed by atoms with van der Waals surface area (Å²) in [5.74, 6) is -1.80. The Kier molecular flexibility index (Phi) is 8.10. The van der Waals surface area contributed by atoms with E-state index in [0.29, 0.717) is 11.1 Å². The second-order valence-electron chi connectivity index (χ2n) is 6.90. The molecular weight excluding hydrogens is 510 g/mol. The zero-order valence-corrected chi connectivity index (χ0v) is 19.7. The van der Waals surface area contributed by atoms with Crippen LogP contribution in [0.5, 0.6) is 0 Å². The fourth-order valence-electron chi connectivity index (χ4n) is 2.93. The van der Waals surface area contributed by atoms with Crippen molar-refractivity contribution in [3.63, 3.8) is 0 Å². The topological polar surface area (TPSA) is 116 Å². The predicted octanol–water partition coefficient (Wildman–Crippen LogP) is 3.49. The first-order valence-electron chi connectivity index (χ1n) is 9.71. The third-order valence-electron chi connectivity index (χ3n) is 4.56. The van der Waals surface area contributed by atoms with Crippen LogP contribution < -0.4 is 5.43 Å². The summed E-state index contributed by atoms with van der Waals surface area (Å²) in [5, 5.41) is 13.0. The molecule has 1 amide bonds. The molecule has 10 heteroatoms. The lowest BCUT2D eigenvalue weighted by molar-refractivity contribution is -0.121.